The molecule has 0 saturated carbocycles. The van der Waals surface area contributed by atoms with Crippen molar-refractivity contribution in [3.63, 3.8) is 0 Å². The van der Waals surface area contributed by atoms with Crippen molar-refractivity contribution in [1.82, 2.24) is 9.80 Å². The Morgan fingerprint density at radius 1 is 1.40 bits per heavy atom. The van der Waals surface area contributed by atoms with Crippen LogP contribution in [0.4, 0.5) is 5.69 Å². The van der Waals surface area contributed by atoms with Crippen LogP contribution in [0.1, 0.15) is 22.3 Å². The van der Waals surface area contributed by atoms with Crippen molar-refractivity contribution in [3.8, 4) is 6.07 Å². The molecule has 1 saturated heterocycles. The molecule has 0 N–H and O–H groups in total. The third-order valence-electron chi connectivity index (χ3n) is 4.30. The molecule has 25 heavy (non-hydrogen) atoms. The summed E-state index contributed by atoms with van der Waals surface area (Å²) in [5.41, 5.74) is 0.596. The van der Waals surface area contributed by atoms with Crippen LogP contribution >= 0.6 is 0 Å². The van der Waals surface area contributed by atoms with E-state index < -0.39 is 4.92 Å². The molecule has 2 rings (SSSR count). The van der Waals surface area contributed by atoms with Crippen LogP contribution in [0, 0.1) is 28.4 Å². The molecular weight excluding hydrogens is 324 g/mol. The third-order valence-corrected chi connectivity index (χ3v) is 4.30. The van der Waals surface area contributed by atoms with Crippen molar-refractivity contribution in [2.24, 2.45) is 0 Å². The summed E-state index contributed by atoms with van der Waals surface area (Å²) >= 11 is 0. The van der Waals surface area contributed by atoms with Gasteiger partial charge in [-0.15, -0.1) is 0 Å². The van der Waals surface area contributed by atoms with Crippen LogP contribution in [0.25, 0.3) is 0 Å². The van der Waals surface area contributed by atoms with Crippen LogP contribution < -0.4 is 0 Å². The van der Waals surface area contributed by atoms with Crippen LogP contribution in [-0.2, 0) is 4.74 Å². The number of nitriles is 1. The molecule has 1 aliphatic rings. The highest BCUT2D eigenvalue weighted by Crippen LogP contribution is 2.22. The molecule has 0 aliphatic carbocycles. The zero-order valence-electron chi connectivity index (χ0n) is 14.3. The number of rotatable bonds is 7. The smallest absolute Gasteiger partial charge is 0.273 e. The fraction of sp³-hybridized carbons (Fsp3) is 0.529. The summed E-state index contributed by atoms with van der Waals surface area (Å²) in [6.07, 6.45) is 0.225. The maximum atomic E-state index is 12.9. The summed E-state index contributed by atoms with van der Waals surface area (Å²) in [7, 11) is 0. The Labute approximate surface area is 146 Å². The van der Waals surface area contributed by atoms with Gasteiger partial charge in [0, 0.05) is 49.9 Å². The van der Waals surface area contributed by atoms with Gasteiger partial charge in [-0.1, -0.05) is 6.07 Å². The Hall–Kier alpha value is -2.50. The maximum absolute atomic E-state index is 12.9. The second kappa shape index (κ2) is 9.11. The van der Waals surface area contributed by atoms with Crippen molar-refractivity contribution >= 4 is 11.6 Å². The van der Waals surface area contributed by atoms with Gasteiger partial charge in [-0.25, -0.2) is 0 Å². The first-order valence-electron chi connectivity index (χ1n) is 8.25. The lowest BCUT2D eigenvalue weighted by atomic mass is 10.1. The molecule has 134 valence electrons. The molecular formula is C17H22N4O4. The van der Waals surface area contributed by atoms with E-state index in [1.165, 1.54) is 12.1 Å². The van der Waals surface area contributed by atoms with Gasteiger partial charge in [0.05, 0.1) is 30.6 Å². The predicted molar refractivity (Wildman–Crippen MR) is 91.2 cm³/mol. The Morgan fingerprint density at radius 2 is 2.12 bits per heavy atom. The van der Waals surface area contributed by atoms with Gasteiger partial charge in [0.25, 0.3) is 11.6 Å². The van der Waals surface area contributed by atoms with Gasteiger partial charge in [-0.3, -0.25) is 19.8 Å². The lowest BCUT2D eigenvalue weighted by Gasteiger charge is -2.30. The van der Waals surface area contributed by atoms with E-state index in [4.69, 9.17) is 10.00 Å². The fourth-order valence-electron chi connectivity index (χ4n) is 2.81. The van der Waals surface area contributed by atoms with Gasteiger partial charge in [-0.2, -0.15) is 5.26 Å². The number of morpholine rings is 1. The maximum Gasteiger partial charge on any atom is 0.273 e. The lowest BCUT2D eigenvalue weighted by Crippen LogP contribution is -2.43. The minimum absolute atomic E-state index is 0.0701. The molecule has 1 aliphatic heterocycles. The number of nitro groups is 1. The molecule has 0 unspecified atom stereocenters. The average molecular weight is 346 g/mol. The summed E-state index contributed by atoms with van der Waals surface area (Å²) in [6.45, 7) is 6.03. The van der Waals surface area contributed by atoms with Crippen molar-refractivity contribution in [2.75, 3.05) is 45.9 Å². The molecule has 0 bridgehead atoms. The van der Waals surface area contributed by atoms with E-state index in [0.29, 0.717) is 44.0 Å². The van der Waals surface area contributed by atoms with Gasteiger partial charge in [0.15, 0.2) is 0 Å². The second-order valence-electron chi connectivity index (χ2n) is 5.86. The molecule has 0 atom stereocenters. The zero-order chi connectivity index (χ0) is 18.2. The molecule has 0 spiro atoms. The van der Waals surface area contributed by atoms with E-state index in [9.17, 15) is 14.9 Å². The minimum Gasteiger partial charge on any atom is -0.379 e. The van der Waals surface area contributed by atoms with Crippen molar-refractivity contribution in [2.45, 2.75) is 13.3 Å². The number of hydrogen-bond acceptors (Lipinski definition) is 6. The molecule has 8 nitrogen and oxygen atoms in total. The molecule has 1 aromatic rings. The number of benzene rings is 1. The first-order chi connectivity index (χ1) is 12.0. The molecule has 1 aromatic carbocycles. The summed E-state index contributed by atoms with van der Waals surface area (Å²) in [5.74, 6) is -0.273. The number of carbonyl (C=O) groups is 1. The predicted octanol–water partition coefficient (Wildman–Crippen LogP) is 1.59. The van der Waals surface area contributed by atoms with Crippen LogP contribution in [0.15, 0.2) is 18.2 Å². The SMILES string of the molecule is Cc1c(C(=O)N(CCC#N)CCN2CCOCC2)cccc1[N+](=O)[O-]. The largest absolute Gasteiger partial charge is 0.379 e. The zero-order valence-corrected chi connectivity index (χ0v) is 14.3. The first kappa shape index (κ1) is 18.8. The molecule has 1 fully saturated rings. The Morgan fingerprint density at radius 3 is 2.76 bits per heavy atom. The van der Waals surface area contributed by atoms with Crippen LogP contribution in [0.5, 0.6) is 0 Å². The van der Waals surface area contributed by atoms with E-state index >= 15 is 0 Å². The monoisotopic (exact) mass is 346 g/mol. The molecule has 1 amide bonds. The van der Waals surface area contributed by atoms with E-state index in [2.05, 4.69) is 11.0 Å². The Kier molecular flexibility index (Phi) is 6.86. The Bertz CT molecular complexity index is 665. The highest BCUT2D eigenvalue weighted by Gasteiger charge is 2.23. The highest BCUT2D eigenvalue weighted by molar-refractivity contribution is 5.96. The summed E-state index contributed by atoms with van der Waals surface area (Å²) < 4.78 is 5.31. The second-order valence-corrected chi connectivity index (χ2v) is 5.86. The van der Waals surface area contributed by atoms with Crippen molar-refractivity contribution in [1.29, 1.82) is 5.26 Å². The van der Waals surface area contributed by atoms with Crippen LogP contribution in [-0.4, -0.2) is 66.6 Å². The number of ether oxygens (including phenoxy) is 1. The van der Waals surface area contributed by atoms with E-state index in [-0.39, 0.29) is 18.0 Å². The summed E-state index contributed by atoms with van der Waals surface area (Å²) in [4.78, 5) is 27.3. The van der Waals surface area contributed by atoms with Crippen molar-refractivity contribution in [3.05, 3.63) is 39.4 Å². The van der Waals surface area contributed by atoms with E-state index in [0.717, 1.165) is 13.1 Å². The summed E-state index contributed by atoms with van der Waals surface area (Å²) in [6, 6.07) is 6.55. The highest BCUT2D eigenvalue weighted by atomic mass is 16.6. The number of carbonyl (C=O) groups excluding carboxylic acids is 1. The van der Waals surface area contributed by atoms with Gasteiger partial charge >= 0.3 is 0 Å². The molecule has 0 radical (unpaired) electrons. The van der Waals surface area contributed by atoms with Crippen LogP contribution in [0.3, 0.4) is 0 Å². The minimum atomic E-state index is -0.487. The van der Waals surface area contributed by atoms with Gasteiger partial charge < -0.3 is 9.64 Å². The standard InChI is InChI=1S/C17H22N4O4/c1-14-15(4-2-5-16(14)21(23)24)17(22)20(7-3-6-18)9-8-19-10-12-25-13-11-19/h2,4-5H,3,7-13H2,1H3. The van der Waals surface area contributed by atoms with Gasteiger partial charge in [0.1, 0.15) is 0 Å². The van der Waals surface area contributed by atoms with Gasteiger partial charge in [-0.05, 0) is 13.0 Å². The Balaban J connectivity index is 2.13. The lowest BCUT2D eigenvalue weighted by molar-refractivity contribution is -0.385. The van der Waals surface area contributed by atoms with E-state index in [1.54, 1.807) is 17.9 Å². The number of hydrogen-bond donors (Lipinski definition) is 0. The average Bonchev–Trinajstić information content (AvgIpc) is 2.62. The fourth-order valence-corrected chi connectivity index (χ4v) is 2.81. The summed E-state index contributed by atoms with van der Waals surface area (Å²) in [5, 5.41) is 19.9. The number of nitro benzene ring substituents is 1. The topological polar surface area (TPSA) is 99.7 Å². The van der Waals surface area contributed by atoms with E-state index in [1.807, 2.05) is 0 Å². The normalized spacial score (nSPS) is 14.7. The molecule has 1 heterocycles. The quantitative estimate of drug-likeness (QED) is 0.549. The first-order valence-corrected chi connectivity index (χ1v) is 8.25. The van der Waals surface area contributed by atoms with Gasteiger partial charge in [0.2, 0.25) is 0 Å². The molecule has 0 aromatic heterocycles. The number of amides is 1. The third kappa shape index (κ3) is 4.98. The van der Waals surface area contributed by atoms with Crippen LogP contribution in [0.2, 0.25) is 0 Å². The van der Waals surface area contributed by atoms with Crippen molar-refractivity contribution < 1.29 is 14.5 Å². The molecule has 8 heteroatoms. The number of nitrogens with zero attached hydrogens (tertiary/aromatic N) is 4.